The molecule has 0 atom stereocenters. The first-order valence-electron chi connectivity index (χ1n) is 5.90. The van der Waals surface area contributed by atoms with Gasteiger partial charge in [-0.3, -0.25) is 9.67 Å². The van der Waals surface area contributed by atoms with E-state index < -0.39 is 5.97 Å². The van der Waals surface area contributed by atoms with E-state index in [1.165, 1.54) is 16.4 Å². The second kappa shape index (κ2) is 6.05. The van der Waals surface area contributed by atoms with E-state index in [4.69, 9.17) is 5.11 Å². The Morgan fingerprint density at radius 1 is 1.53 bits per heavy atom. The molecule has 0 radical (unpaired) electrons. The molecule has 0 bridgehead atoms. The summed E-state index contributed by atoms with van der Waals surface area (Å²) in [7, 11) is 0. The van der Waals surface area contributed by atoms with Crippen LogP contribution in [0.5, 0.6) is 0 Å². The van der Waals surface area contributed by atoms with Crippen LogP contribution in [-0.4, -0.2) is 37.6 Å². The third kappa shape index (κ3) is 3.59. The maximum Gasteiger partial charge on any atom is 0.358 e. The van der Waals surface area contributed by atoms with Crippen LogP contribution in [0.2, 0.25) is 0 Å². The van der Waals surface area contributed by atoms with E-state index in [-0.39, 0.29) is 5.69 Å². The minimum absolute atomic E-state index is 0.0371. The minimum Gasteiger partial charge on any atom is -0.476 e. The summed E-state index contributed by atoms with van der Waals surface area (Å²) in [6, 6.07) is 1.97. The van der Waals surface area contributed by atoms with Crippen molar-refractivity contribution in [1.82, 2.24) is 25.3 Å². The molecule has 19 heavy (non-hydrogen) atoms. The number of nitrogens with zero attached hydrogens (tertiary/aromatic N) is 4. The molecule has 0 aromatic carbocycles. The van der Waals surface area contributed by atoms with E-state index in [9.17, 15) is 4.79 Å². The Kier molecular flexibility index (Phi) is 4.19. The average Bonchev–Trinajstić information content (AvgIpc) is 2.85. The normalized spacial score (nSPS) is 10.6. The first-order valence-corrected chi connectivity index (χ1v) is 5.90. The molecule has 0 aliphatic heterocycles. The van der Waals surface area contributed by atoms with Gasteiger partial charge < -0.3 is 10.4 Å². The summed E-state index contributed by atoms with van der Waals surface area (Å²) >= 11 is 0. The van der Waals surface area contributed by atoms with E-state index >= 15 is 0 Å². The standard InChI is InChI=1S/C12H15N5O2/c1-9-6-13-3-2-10(9)7-14-4-5-17-8-11(12(18)19)15-16-17/h2-3,6,8,14H,4-5,7H2,1H3,(H,18,19). The van der Waals surface area contributed by atoms with Crippen molar-refractivity contribution in [1.29, 1.82) is 0 Å². The molecule has 2 N–H and O–H groups in total. The molecular weight excluding hydrogens is 246 g/mol. The van der Waals surface area contributed by atoms with E-state index in [0.29, 0.717) is 13.1 Å². The number of rotatable bonds is 6. The lowest BCUT2D eigenvalue weighted by Gasteiger charge is -2.06. The lowest BCUT2D eigenvalue weighted by Crippen LogP contribution is -2.20. The SMILES string of the molecule is Cc1cnccc1CNCCn1cc(C(=O)O)nn1. The summed E-state index contributed by atoms with van der Waals surface area (Å²) in [6.07, 6.45) is 5.01. The van der Waals surface area contributed by atoms with Crippen LogP contribution in [0.15, 0.2) is 24.7 Å². The van der Waals surface area contributed by atoms with Crippen LogP contribution in [0.4, 0.5) is 0 Å². The number of aromatic carboxylic acids is 1. The number of pyridine rings is 1. The van der Waals surface area contributed by atoms with E-state index in [1.807, 2.05) is 19.2 Å². The van der Waals surface area contributed by atoms with Gasteiger partial charge >= 0.3 is 5.97 Å². The fraction of sp³-hybridized carbons (Fsp3) is 0.333. The Bertz CT molecular complexity index is 567. The molecule has 0 unspecified atom stereocenters. The van der Waals surface area contributed by atoms with Crippen molar-refractivity contribution in [2.24, 2.45) is 0 Å². The van der Waals surface area contributed by atoms with Crippen LogP contribution in [-0.2, 0) is 13.1 Å². The third-order valence-electron chi connectivity index (χ3n) is 2.73. The minimum atomic E-state index is -1.06. The van der Waals surface area contributed by atoms with Crippen molar-refractivity contribution in [3.63, 3.8) is 0 Å². The molecule has 0 fully saturated rings. The highest BCUT2D eigenvalue weighted by Gasteiger charge is 2.07. The Morgan fingerprint density at radius 3 is 3.05 bits per heavy atom. The van der Waals surface area contributed by atoms with Crippen molar-refractivity contribution < 1.29 is 9.90 Å². The number of carboxylic acid groups (broad SMARTS) is 1. The molecule has 100 valence electrons. The highest BCUT2D eigenvalue weighted by Crippen LogP contribution is 2.03. The average molecular weight is 261 g/mol. The lowest BCUT2D eigenvalue weighted by molar-refractivity contribution is 0.0690. The topological polar surface area (TPSA) is 92.9 Å². The van der Waals surface area contributed by atoms with Crippen molar-refractivity contribution in [3.8, 4) is 0 Å². The maximum atomic E-state index is 10.6. The third-order valence-corrected chi connectivity index (χ3v) is 2.73. The monoisotopic (exact) mass is 261 g/mol. The van der Waals surface area contributed by atoms with Crippen molar-refractivity contribution in [2.75, 3.05) is 6.54 Å². The highest BCUT2D eigenvalue weighted by atomic mass is 16.4. The van der Waals surface area contributed by atoms with Gasteiger partial charge in [-0.15, -0.1) is 5.10 Å². The molecule has 2 aromatic heterocycles. The van der Waals surface area contributed by atoms with Gasteiger partial charge in [0, 0.05) is 25.5 Å². The zero-order valence-corrected chi connectivity index (χ0v) is 10.6. The Morgan fingerprint density at radius 2 is 2.37 bits per heavy atom. The van der Waals surface area contributed by atoms with Crippen LogP contribution < -0.4 is 5.32 Å². The van der Waals surface area contributed by atoms with Gasteiger partial charge in [-0.25, -0.2) is 4.79 Å². The Labute approximate surface area is 110 Å². The maximum absolute atomic E-state index is 10.6. The molecule has 0 amide bonds. The molecule has 0 spiro atoms. The zero-order chi connectivity index (χ0) is 13.7. The second-order valence-corrected chi connectivity index (χ2v) is 4.15. The molecule has 0 aliphatic carbocycles. The summed E-state index contributed by atoms with van der Waals surface area (Å²) in [5, 5.41) is 19.3. The molecule has 2 aromatic rings. The fourth-order valence-electron chi connectivity index (χ4n) is 1.62. The second-order valence-electron chi connectivity index (χ2n) is 4.15. The van der Waals surface area contributed by atoms with Crippen LogP contribution in [0.1, 0.15) is 21.6 Å². The van der Waals surface area contributed by atoms with Crippen LogP contribution >= 0.6 is 0 Å². The summed E-state index contributed by atoms with van der Waals surface area (Å²) in [4.78, 5) is 14.7. The van der Waals surface area contributed by atoms with Gasteiger partial charge in [0.25, 0.3) is 0 Å². The molecular formula is C12H15N5O2. The smallest absolute Gasteiger partial charge is 0.358 e. The number of carbonyl (C=O) groups is 1. The summed E-state index contributed by atoms with van der Waals surface area (Å²) in [5.41, 5.74) is 2.30. The molecule has 2 rings (SSSR count). The summed E-state index contributed by atoms with van der Waals surface area (Å²) in [6.45, 7) is 4.02. The molecule has 7 heteroatoms. The van der Waals surface area contributed by atoms with Gasteiger partial charge in [-0.2, -0.15) is 0 Å². The fourth-order valence-corrected chi connectivity index (χ4v) is 1.62. The van der Waals surface area contributed by atoms with Gasteiger partial charge in [-0.05, 0) is 24.1 Å². The molecule has 0 saturated heterocycles. The molecule has 0 saturated carbocycles. The van der Waals surface area contributed by atoms with Crippen LogP contribution in [0, 0.1) is 6.92 Å². The van der Waals surface area contributed by atoms with Crippen molar-refractivity contribution >= 4 is 5.97 Å². The predicted octanol–water partition coefficient (Wildman–Crippen LogP) is 0.470. The van der Waals surface area contributed by atoms with Gasteiger partial charge in [0.15, 0.2) is 5.69 Å². The Hall–Kier alpha value is -2.28. The number of nitrogens with one attached hydrogen (secondary N) is 1. The number of carboxylic acids is 1. The van der Waals surface area contributed by atoms with Crippen molar-refractivity contribution in [3.05, 3.63) is 41.5 Å². The first-order chi connectivity index (χ1) is 9.16. The van der Waals surface area contributed by atoms with Gasteiger partial charge in [0.2, 0.25) is 0 Å². The zero-order valence-electron chi connectivity index (χ0n) is 10.6. The quantitative estimate of drug-likeness (QED) is 0.734. The molecule has 0 aliphatic rings. The van der Waals surface area contributed by atoms with Gasteiger partial charge in [0.1, 0.15) is 0 Å². The number of aryl methyl sites for hydroxylation is 1. The number of hydrogen-bond donors (Lipinski definition) is 2. The van der Waals surface area contributed by atoms with Gasteiger partial charge in [-0.1, -0.05) is 5.21 Å². The molecule has 2 heterocycles. The lowest BCUT2D eigenvalue weighted by atomic mass is 10.1. The Balaban J connectivity index is 1.77. The summed E-state index contributed by atoms with van der Waals surface area (Å²) in [5.74, 6) is -1.06. The van der Waals surface area contributed by atoms with Crippen LogP contribution in [0.25, 0.3) is 0 Å². The van der Waals surface area contributed by atoms with E-state index in [1.54, 1.807) is 6.20 Å². The van der Waals surface area contributed by atoms with Gasteiger partial charge in [0.05, 0.1) is 12.7 Å². The summed E-state index contributed by atoms with van der Waals surface area (Å²) < 4.78 is 1.51. The van der Waals surface area contributed by atoms with E-state index in [0.717, 1.165) is 12.1 Å². The highest BCUT2D eigenvalue weighted by molar-refractivity contribution is 5.84. The van der Waals surface area contributed by atoms with Crippen LogP contribution in [0.3, 0.4) is 0 Å². The van der Waals surface area contributed by atoms with Crippen molar-refractivity contribution in [2.45, 2.75) is 20.0 Å². The largest absolute Gasteiger partial charge is 0.476 e. The number of hydrogen-bond acceptors (Lipinski definition) is 5. The molecule has 7 nitrogen and oxygen atoms in total. The number of aromatic nitrogens is 4. The first kappa shape index (κ1) is 13.2. The predicted molar refractivity (Wildman–Crippen MR) is 67.7 cm³/mol. The van der Waals surface area contributed by atoms with E-state index in [2.05, 4.69) is 20.6 Å².